The van der Waals surface area contributed by atoms with E-state index in [0.29, 0.717) is 25.4 Å². The Balaban J connectivity index is 2.01. The Hall–Kier alpha value is -1.85. The van der Waals surface area contributed by atoms with Crippen molar-refractivity contribution in [1.82, 2.24) is 10.1 Å². The topological polar surface area (TPSA) is 72.6 Å². The summed E-state index contributed by atoms with van der Waals surface area (Å²) in [6, 6.07) is 1.61. The van der Waals surface area contributed by atoms with E-state index < -0.39 is 0 Å². The molecule has 104 valence electrons. The van der Waals surface area contributed by atoms with E-state index in [9.17, 15) is 9.59 Å². The number of carbonyl (C=O) groups is 2. The summed E-state index contributed by atoms with van der Waals surface area (Å²) in [7, 11) is 0. The molecule has 1 aromatic rings. The Morgan fingerprint density at radius 2 is 2.37 bits per heavy atom. The lowest BCUT2D eigenvalue weighted by Crippen LogP contribution is -2.42. The van der Waals surface area contributed by atoms with Gasteiger partial charge >= 0.3 is 5.97 Å². The van der Waals surface area contributed by atoms with E-state index in [2.05, 4.69) is 5.16 Å². The second-order valence-corrected chi connectivity index (χ2v) is 4.67. The highest BCUT2D eigenvalue weighted by Crippen LogP contribution is 2.20. The molecule has 0 N–H and O–H groups in total. The van der Waals surface area contributed by atoms with Crippen LogP contribution in [-0.4, -0.2) is 41.6 Å². The lowest BCUT2D eigenvalue weighted by Gasteiger charge is -2.30. The second-order valence-electron chi connectivity index (χ2n) is 4.67. The summed E-state index contributed by atoms with van der Waals surface area (Å²) in [5, 5.41) is 3.70. The second kappa shape index (κ2) is 5.86. The van der Waals surface area contributed by atoms with E-state index in [1.165, 1.54) is 0 Å². The van der Waals surface area contributed by atoms with Crippen molar-refractivity contribution in [2.45, 2.75) is 26.7 Å². The van der Waals surface area contributed by atoms with Crippen molar-refractivity contribution in [3.63, 3.8) is 0 Å². The summed E-state index contributed by atoms with van der Waals surface area (Å²) in [5.74, 6) is -0.452. The van der Waals surface area contributed by atoms with Gasteiger partial charge in [0.05, 0.1) is 18.2 Å². The number of nitrogens with zero attached hydrogens (tertiary/aromatic N) is 2. The number of amides is 1. The Morgan fingerprint density at radius 3 is 3.00 bits per heavy atom. The molecule has 1 atom stereocenters. The van der Waals surface area contributed by atoms with Gasteiger partial charge in [0.2, 0.25) is 5.76 Å². The number of hydrogen-bond donors (Lipinski definition) is 0. The van der Waals surface area contributed by atoms with Crippen LogP contribution in [0.15, 0.2) is 10.6 Å². The van der Waals surface area contributed by atoms with E-state index in [0.717, 1.165) is 12.8 Å². The highest BCUT2D eigenvalue weighted by Gasteiger charge is 2.31. The zero-order chi connectivity index (χ0) is 13.8. The molecule has 6 nitrogen and oxygen atoms in total. The molecule has 0 aromatic carbocycles. The van der Waals surface area contributed by atoms with Crippen LogP contribution in [0.25, 0.3) is 0 Å². The Bertz CT molecular complexity index is 469. The van der Waals surface area contributed by atoms with Gasteiger partial charge in [-0.3, -0.25) is 9.59 Å². The fourth-order valence-corrected chi connectivity index (χ4v) is 2.23. The lowest BCUT2D eigenvalue weighted by molar-refractivity contribution is -0.149. The third kappa shape index (κ3) is 3.13. The average Bonchev–Trinajstić information content (AvgIpc) is 2.85. The summed E-state index contributed by atoms with van der Waals surface area (Å²) in [6.45, 7) is 4.93. The van der Waals surface area contributed by atoms with Crippen LogP contribution in [0.5, 0.6) is 0 Å². The Kier molecular flexibility index (Phi) is 4.19. The van der Waals surface area contributed by atoms with Crippen molar-refractivity contribution >= 4 is 11.9 Å². The molecule has 1 aliphatic rings. The average molecular weight is 266 g/mol. The summed E-state index contributed by atoms with van der Waals surface area (Å²) in [4.78, 5) is 25.5. The molecule has 1 unspecified atom stereocenters. The largest absolute Gasteiger partial charge is 0.466 e. The smallest absolute Gasteiger partial charge is 0.310 e. The maximum absolute atomic E-state index is 12.2. The van der Waals surface area contributed by atoms with E-state index in [-0.39, 0.29) is 23.6 Å². The molecule has 0 saturated carbocycles. The highest BCUT2D eigenvalue weighted by molar-refractivity contribution is 5.92. The summed E-state index contributed by atoms with van der Waals surface area (Å²) >= 11 is 0. The van der Waals surface area contributed by atoms with Gasteiger partial charge in [0.15, 0.2) is 0 Å². The van der Waals surface area contributed by atoms with Gasteiger partial charge in [0.25, 0.3) is 5.91 Å². The maximum atomic E-state index is 12.2. The first-order valence-electron chi connectivity index (χ1n) is 6.51. The first-order valence-corrected chi connectivity index (χ1v) is 6.51. The van der Waals surface area contributed by atoms with Gasteiger partial charge in [-0.2, -0.15) is 0 Å². The number of esters is 1. The van der Waals surface area contributed by atoms with Crippen LogP contribution in [0.4, 0.5) is 0 Å². The van der Waals surface area contributed by atoms with Gasteiger partial charge in [-0.25, -0.2) is 0 Å². The first-order chi connectivity index (χ1) is 9.11. The molecule has 1 aliphatic heterocycles. The van der Waals surface area contributed by atoms with Gasteiger partial charge in [0, 0.05) is 19.2 Å². The van der Waals surface area contributed by atoms with Gasteiger partial charge in [-0.1, -0.05) is 5.16 Å². The molecule has 2 heterocycles. The van der Waals surface area contributed by atoms with Crippen LogP contribution < -0.4 is 0 Å². The Labute approximate surface area is 111 Å². The van der Waals surface area contributed by atoms with Gasteiger partial charge in [-0.15, -0.1) is 0 Å². The number of rotatable bonds is 3. The van der Waals surface area contributed by atoms with Gasteiger partial charge in [0.1, 0.15) is 0 Å². The predicted molar refractivity (Wildman–Crippen MR) is 66.5 cm³/mol. The summed E-state index contributed by atoms with van der Waals surface area (Å²) in [6.07, 6.45) is 1.56. The van der Waals surface area contributed by atoms with Crippen LogP contribution in [0, 0.1) is 12.8 Å². The van der Waals surface area contributed by atoms with Crippen LogP contribution in [-0.2, 0) is 9.53 Å². The van der Waals surface area contributed by atoms with Crippen molar-refractivity contribution in [3.05, 3.63) is 17.5 Å². The molecule has 6 heteroatoms. The fraction of sp³-hybridized carbons (Fsp3) is 0.615. The third-order valence-electron chi connectivity index (χ3n) is 3.17. The molecular weight excluding hydrogens is 248 g/mol. The summed E-state index contributed by atoms with van der Waals surface area (Å²) < 4.78 is 9.97. The van der Waals surface area contributed by atoms with E-state index in [1.54, 1.807) is 24.8 Å². The van der Waals surface area contributed by atoms with Crippen LogP contribution >= 0.6 is 0 Å². The molecule has 0 radical (unpaired) electrons. The normalized spacial score (nSPS) is 19.3. The van der Waals surface area contributed by atoms with E-state index >= 15 is 0 Å². The molecular formula is C13H18N2O4. The Morgan fingerprint density at radius 1 is 1.58 bits per heavy atom. The van der Waals surface area contributed by atoms with Crippen molar-refractivity contribution < 1.29 is 18.8 Å². The number of likely N-dealkylation sites (tertiary alicyclic amines) is 1. The maximum Gasteiger partial charge on any atom is 0.310 e. The fourth-order valence-electron chi connectivity index (χ4n) is 2.23. The minimum Gasteiger partial charge on any atom is -0.466 e. The standard InChI is InChI=1S/C13H18N2O4/c1-3-18-13(17)10-5-4-6-15(8-10)12(16)11-7-9(2)14-19-11/h7,10H,3-6,8H2,1-2H3. The van der Waals surface area contributed by atoms with Crippen molar-refractivity contribution in [2.75, 3.05) is 19.7 Å². The lowest BCUT2D eigenvalue weighted by atomic mass is 9.98. The molecule has 1 aromatic heterocycles. The number of aromatic nitrogens is 1. The molecule has 0 spiro atoms. The monoisotopic (exact) mass is 266 g/mol. The highest BCUT2D eigenvalue weighted by atomic mass is 16.5. The van der Waals surface area contributed by atoms with Crippen molar-refractivity contribution in [2.24, 2.45) is 5.92 Å². The van der Waals surface area contributed by atoms with E-state index in [1.807, 2.05) is 0 Å². The number of carbonyl (C=O) groups excluding carboxylic acids is 2. The zero-order valence-corrected chi connectivity index (χ0v) is 11.2. The summed E-state index contributed by atoms with van der Waals surface area (Å²) in [5.41, 5.74) is 0.669. The molecule has 0 bridgehead atoms. The predicted octanol–water partition coefficient (Wildman–Crippen LogP) is 1.40. The molecule has 19 heavy (non-hydrogen) atoms. The first kappa shape index (κ1) is 13.6. The minimum atomic E-state index is -0.235. The number of aryl methyl sites for hydroxylation is 1. The SMILES string of the molecule is CCOC(=O)C1CCCN(C(=O)c2cc(C)no2)C1. The van der Waals surface area contributed by atoms with Gasteiger partial charge < -0.3 is 14.2 Å². The minimum absolute atomic E-state index is 0.213. The van der Waals surface area contributed by atoms with Crippen molar-refractivity contribution in [1.29, 1.82) is 0 Å². The number of ether oxygens (including phenoxy) is 1. The molecule has 0 aliphatic carbocycles. The van der Waals surface area contributed by atoms with Crippen molar-refractivity contribution in [3.8, 4) is 0 Å². The van der Waals surface area contributed by atoms with Crippen LogP contribution in [0.1, 0.15) is 36.0 Å². The van der Waals surface area contributed by atoms with Crippen LogP contribution in [0.2, 0.25) is 0 Å². The quantitative estimate of drug-likeness (QED) is 0.773. The molecule has 1 amide bonds. The molecule has 2 rings (SSSR count). The molecule has 1 fully saturated rings. The van der Waals surface area contributed by atoms with Crippen LogP contribution in [0.3, 0.4) is 0 Å². The van der Waals surface area contributed by atoms with Gasteiger partial charge in [-0.05, 0) is 26.7 Å². The zero-order valence-electron chi connectivity index (χ0n) is 11.2. The molecule has 1 saturated heterocycles. The number of piperidine rings is 1. The number of hydrogen-bond acceptors (Lipinski definition) is 5. The third-order valence-corrected chi connectivity index (χ3v) is 3.17. The van der Waals surface area contributed by atoms with E-state index in [4.69, 9.17) is 9.26 Å².